The first kappa shape index (κ1) is 22.9. The highest BCUT2D eigenvalue weighted by molar-refractivity contribution is 6.05. The molecule has 0 atom stereocenters. The number of nitrogens with one attached hydrogen (secondary N) is 3. The van der Waals surface area contributed by atoms with Gasteiger partial charge in [0.05, 0.1) is 11.1 Å². The van der Waals surface area contributed by atoms with Crippen LogP contribution < -0.4 is 16.0 Å². The first-order valence-corrected chi connectivity index (χ1v) is 10.8. The Kier molecular flexibility index (Phi) is 8.25. The Bertz CT molecular complexity index is 1020. The molecule has 0 aromatic carbocycles. The minimum absolute atomic E-state index is 0.316. The number of aromatic nitrogens is 3. The number of pyridine rings is 3. The first-order chi connectivity index (χ1) is 15.6. The van der Waals surface area contributed by atoms with E-state index >= 15 is 0 Å². The van der Waals surface area contributed by atoms with Gasteiger partial charge in [0.25, 0.3) is 11.8 Å². The molecule has 166 valence electrons. The second-order valence-corrected chi connectivity index (χ2v) is 7.35. The lowest BCUT2D eigenvalue weighted by Crippen LogP contribution is -2.15. The predicted molar refractivity (Wildman–Crippen MR) is 126 cm³/mol. The van der Waals surface area contributed by atoms with Gasteiger partial charge in [0.15, 0.2) is 0 Å². The molecule has 0 unspecified atom stereocenters. The molecule has 3 aromatic rings. The lowest BCUT2D eigenvalue weighted by molar-refractivity contribution is 0.101. The summed E-state index contributed by atoms with van der Waals surface area (Å²) in [6, 6.07) is 10.4. The van der Waals surface area contributed by atoms with E-state index in [9.17, 15) is 9.59 Å². The largest absolute Gasteiger partial charge is 0.370 e. The van der Waals surface area contributed by atoms with E-state index < -0.39 is 0 Å². The zero-order valence-corrected chi connectivity index (χ0v) is 18.4. The van der Waals surface area contributed by atoms with Crippen LogP contribution in [0.2, 0.25) is 0 Å². The molecule has 3 heterocycles. The zero-order valence-electron chi connectivity index (χ0n) is 18.4. The standard InChI is InChI=1S/C24H28N6O2/c1-3-5-6-17-7-10-21(26-14-17)29-24(32)19-9-12-22(28-16-19)30-23(31)18-8-11-20(27-15-18)25-13-4-2/h7-12,14-16H,3-6,13H2,1-2H3,(H,25,27)(H,26,29,32)(H,28,30,31). The molecule has 0 aliphatic heterocycles. The van der Waals surface area contributed by atoms with Crippen molar-refractivity contribution in [3.8, 4) is 0 Å². The molecule has 0 aliphatic rings. The fraction of sp³-hybridized carbons (Fsp3) is 0.292. The highest BCUT2D eigenvalue weighted by Crippen LogP contribution is 2.12. The Labute approximate surface area is 187 Å². The van der Waals surface area contributed by atoms with Crippen LogP contribution in [0.25, 0.3) is 0 Å². The van der Waals surface area contributed by atoms with Crippen molar-refractivity contribution in [1.29, 1.82) is 0 Å². The fourth-order valence-corrected chi connectivity index (χ4v) is 2.89. The number of hydrogen-bond acceptors (Lipinski definition) is 6. The molecule has 0 fully saturated rings. The molecule has 0 aliphatic carbocycles. The monoisotopic (exact) mass is 432 g/mol. The summed E-state index contributed by atoms with van der Waals surface area (Å²) < 4.78 is 0. The quantitative estimate of drug-likeness (QED) is 0.434. The summed E-state index contributed by atoms with van der Waals surface area (Å²) in [4.78, 5) is 37.5. The van der Waals surface area contributed by atoms with Crippen LogP contribution in [0.4, 0.5) is 17.5 Å². The van der Waals surface area contributed by atoms with E-state index in [-0.39, 0.29) is 11.8 Å². The van der Waals surface area contributed by atoms with Crippen LogP contribution in [0.5, 0.6) is 0 Å². The summed E-state index contributed by atoms with van der Waals surface area (Å²) in [6.07, 6.45) is 8.91. The third-order valence-electron chi connectivity index (χ3n) is 4.73. The van der Waals surface area contributed by atoms with Crippen molar-refractivity contribution in [2.24, 2.45) is 0 Å². The number of hydrogen-bond donors (Lipinski definition) is 3. The molecule has 0 bridgehead atoms. The molecule has 0 spiro atoms. The third-order valence-corrected chi connectivity index (χ3v) is 4.73. The summed E-state index contributed by atoms with van der Waals surface area (Å²) in [5, 5.41) is 8.62. The van der Waals surface area contributed by atoms with E-state index in [0.29, 0.717) is 22.8 Å². The van der Waals surface area contributed by atoms with Crippen LogP contribution in [-0.2, 0) is 6.42 Å². The number of rotatable bonds is 10. The van der Waals surface area contributed by atoms with E-state index in [2.05, 4.69) is 44.7 Å². The normalized spacial score (nSPS) is 10.4. The van der Waals surface area contributed by atoms with Crippen LogP contribution in [0.1, 0.15) is 59.4 Å². The van der Waals surface area contributed by atoms with Crippen molar-refractivity contribution in [1.82, 2.24) is 15.0 Å². The lowest BCUT2D eigenvalue weighted by Gasteiger charge is -2.08. The Morgan fingerprint density at radius 2 is 1.28 bits per heavy atom. The number of amides is 2. The SMILES string of the molecule is CCCCc1ccc(NC(=O)c2ccc(NC(=O)c3ccc(NCCC)nc3)nc2)nc1. The smallest absolute Gasteiger partial charge is 0.258 e. The summed E-state index contributed by atoms with van der Waals surface area (Å²) >= 11 is 0. The van der Waals surface area contributed by atoms with Gasteiger partial charge in [-0.25, -0.2) is 15.0 Å². The van der Waals surface area contributed by atoms with Gasteiger partial charge in [-0.3, -0.25) is 9.59 Å². The molecule has 3 N–H and O–H groups in total. The zero-order chi connectivity index (χ0) is 22.8. The lowest BCUT2D eigenvalue weighted by atomic mass is 10.1. The molecule has 0 saturated carbocycles. The molecular formula is C24H28N6O2. The molecular weight excluding hydrogens is 404 g/mol. The molecule has 3 aromatic heterocycles. The Morgan fingerprint density at radius 1 is 0.719 bits per heavy atom. The molecule has 2 amide bonds. The maximum atomic E-state index is 12.4. The molecule has 8 heteroatoms. The van der Waals surface area contributed by atoms with Crippen molar-refractivity contribution in [2.45, 2.75) is 39.5 Å². The predicted octanol–water partition coefficient (Wildman–Crippen LogP) is 4.54. The highest BCUT2D eigenvalue weighted by Gasteiger charge is 2.11. The van der Waals surface area contributed by atoms with Crippen molar-refractivity contribution in [3.05, 3.63) is 71.7 Å². The van der Waals surface area contributed by atoms with Gasteiger partial charge in [-0.2, -0.15) is 0 Å². The van der Waals surface area contributed by atoms with Crippen molar-refractivity contribution < 1.29 is 9.59 Å². The fourth-order valence-electron chi connectivity index (χ4n) is 2.89. The van der Waals surface area contributed by atoms with Crippen LogP contribution in [0.3, 0.4) is 0 Å². The summed E-state index contributed by atoms with van der Waals surface area (Å²) in [5.74, 6) is 0.914. The number of anilines is 3. The summed E-state index contributed by atoms with van der Waals surface area (Å²) in [5.41, 5.74) is 1.94. The maximum Gasteiger partial charge on any atom is 0.258 e. The minimum Gasteiger partial charge on any atom is -0.370 e. The van der Waals surface area contributed by atoms with E-state index in [1.807, 2.05) is 6.07 Å². The average molecular weight is 433 g/mol. The number of nitrogens with zero attached hydrogens (tertiary/aromatic N) is 3. The van der Waals surface area contributed by atoms with Gasteiger partial charge >= 0.3 is 0 Å². The van der Waals surface area contributed by atoms with Crippen LogP contribution >= 0.6 is 0 Å². The van der Waals surface area contributed by atoms with E-state index in [1.54, 1.807) is 36.5 Å². The first-order valence-electron chi connectivity index (χ1n) is 10.8. The Balaban J connectivity index is 1.54. The van der Waals surface area contributed by atoms with Gasteiger partial charge < -0.3 is 16.0 Å². The van der Waals surface area contributed by atoms with E-state index in [0.717, 1.165) is 43.6 Å². The van der Waals surface area contributed by atoms with Crippen LogP contribution in [-0.4, -0.2) is 33.3 Å². The molecule has 3 rings (SSSR count). The van der Waals surface area contributed by atoms with Gasteiger partial charge in [0.1, 0.15) is 17.5 Å². The van der Waals surface area contributed by atoms with Gasteiger partial charge in [-0.05, 0) is 55.2 Å². The van der Waals surface area contributed by atoms with Gasteiger partial charge in [-0.1, -0.05) is 26.3 Å². The summed E-state index contributed by atoms with van der Waals surface area (Å²) in [7, 11) is 0. The number of aryl methyl sites for hydroxylation is 1. The topological polar surface area (TPSA) is 109 Å². The second-order valence-electron chi connectivity index (χ2n) is 7.35. The Morgan fingerprint density at radius 3 is 1.75 bits per heavy atom. The van der Waals surface area contributed by atoms with Gasteiger partial charge in [-0.15, -0.1) is 0 Å². The highest BCUT2D eigenvalue weighted by atomic mass is 16.2. The van der Waals surface area contributed by atoms with Gasteiger partial charge in [0.2, 0.25) is 0 Å². The number of carbonyl (C=O) groups is 2. The molecule has 0 radical (unpaired) electrons. The third kappa shape index (κ3) is 6.60. The van der Waals surface area contributed by atoms with Crippen molar-refractivity contribution in [3.63, 3.8) is 0 Å². The average Bonchev–Trinajstić information content (AvgIpc) is 2.83. The maximum absolute atomic E-state index is 12.4. The van der Waals surface area contributed by atoms with Gasteiger partial charge in [0, 0.05) is 25.1 Å². The Hall–Kier alpha value is -3.81. The van der Waals surface area contributed by atoms with E-state index in [4.69, 9.17) is 0 Å². The molecule has 32 heavy (non-hydrogen) atoms. The molecule has 0 saturated heterocycles. The van der Waals surface area contributed by atoms with Crippen molar-refractivity contribution >= 4 is 29.3 Å². The second kappa shape index (κ2) is 11.5. The molecule has 8 nitrogen and oxygen atoms in total. The van der Waals surface area contributed by atoms with Crippen molar-refractivity contribution in [2.75, 3.05) is 22.5 Å². The summed E-state index contributed by atoms with van der Waals surface area (Å²) in [6.45, 7) is 5.04. The van der Waals surface area contributed by atoms with Crippen LogP contribution in [0, 0.1) is 0 Å². The van der Waals surface area contributed by atoms with Crippen LogP contribution in [0.15, 0.2) is 55.0 Å². The number of unbranched alkanes of at least 4 members (excludes halogenated alkanes) is 1. The number of carbonyl (C=O) groups excluding carboxylic acids is 2. The van der Waals surface area contributed by atoms with E-state index in [1.165, 1.54) is 12.4 Å². The minimum atomic E-state index is -0.323.